The third-order valence-corrected chi connectivity index (χ3v) is 3.21. The van der Waals surface area contributed by atoms with E-state index in [0.29, 0.717) is 6.61 Å². The van der Waals surface area contributed by atoms with Gasteiger partial charge in [0, 0.05) is 5.92 Å². The van der Waals surface area contributed by atoms with E-state index >= 15 is 0 Å². The Bertz CT molecular complexity index is 387. The van der Waals surface area contributed by atoms with E-state index in [1.165, 1.54) is 0 Å². The smallest absolute Gasteiger partial charge is 0.307 e. The summed E-state index contributed by atoms with van der Waals surface area (Å²) in [5.74, 6) is 0.0327. The maximum absolute atomic E-state index is 11.0. The van der Waals surface area contributed by atoms with Crippen molar-refractivity contribution in [1.82, 2.24) is 0 Å². The Labute approximate surface area is 95.0 Å². The molecule has 0 aliphatic heterocycles. The predicted molar refractivity (Wildman–Crippen MR) is 60.7 cm³/mol. The van der Waals surface area contributed by atoms with Crippen LogP contribution in [0, 0.1) is 5.92 Å². The predicted octanol–water partition coefficient (Wildman–Crippen LogP) is 2.66. The van der Waals surface area contributed by atoms with Gasteiger partial charge in [0.2, 0.25) is 0 Å². The van der Waals surface area contributed by atoms with E-state index in [1.54, 1.807) is 0 Å². The molecule has 0 aromatic heterocycles. The second-order valence-electron chi connectivity index (χ2n) is 4.10. The van der Waals surface area contributed by atoms with E-state index in [-0.39, 0.29) is 11.8 Å². The van der Waals surface area contributed by atoms with E-state index < -0.39 is 5.97 Å². The maximum Gasteiger partial charge on any atom is 0.307 e. The highest BCUT2D eigenvalue weighted by Crippen LogP contribution is 2.45. The molecule has 1 aliphatic carbocycles. The molecule has 2 atom stereocenters. The van der Waals surface area contributed by atoms with E-state index in [4.69, 9.17) is 9.84 Å². The first-order valence-electron chi connectivity index (χ1n) is 5.68. The summed E-state index contributed by atoms with van der Waals surface area (Å²) in [6.07, 6.45) is 1.72. The van der Waals surface area contributed by atoms with Crippen LogP contribution < -0.4 is 4.74 Å². The summed E-state index contributed by atoms with van der Waals surface area (Å²) in [5, 5.41) is 9.04. The van der Waals surface area contributed by atoms with Crippen molar-refractivity contribution in [3.63, 3.8) is 0 Å². The summed E-state index contributed by atoms with van der Waals surface area (Å²) in [6.45, 7) is 2.55. The lowest BCUT2D eigenvalue weighted by atomic mass is 9.70. The van der Waals surface area contributed by atoms with Crippen molar-refractivity contribution in [2.75, 3.05) is 6.61 Å². The van der Waals surface area contributed by atoms with Crippen LogP contribution in [-0.4, -0.2) is 17.7 Å². The number of para-hydroxylation sites is 1. The molecule has 0 amide bonds. The van der Waals surface area contributed by atoms with Crippen molar-refractivity contribution >= 4 is 5.97 Å². The number of benzene rings is 1. The van der Waals surface area contributed by atoms with Gasteiger partial charge in [0.15, 0.2) is 0 Å². The van der Waals surface area contributed by atoms with Gasteiger partial charge in [-0.15, -0.1) is 0 Å². The fraction of sp³-hybridized carbons (Fsp3) is 0.462. The fourth-order valence-electron chi connectivity index (χ4n) is 2.24. The van der Waals surface area contributed by atoms with Gasteiger partial charge in [-0.1, -0.05) is 18.2 Å². The molecular weight excluding hydrogens is 204 g/mol. The van der Waals surface area contributed by atoms with Crippen LogP contribution in [0.25, 0.3) is 0 Å². The second kappa shape index (κ2) is 4.56. The van der Waals surface area contributed by atoms with Crippen LogP contribution in [0.1, 0.15) is 31.2 Å². The highest BCUT2D eigenvalue weighted by Gasteiger charge is 2.38. The standard InChI is InChI=1S/C13H16O3/c1-2-16-12-6-4-3-5-10(12)9-7-8-11(9)13(14)15/h3-6,9,11H,2,7-8H2,1H3,(H,14,15). The van der Waals surface area contributed by atoms with Crippen LogP contribution in [0.2, 0.25) is 0 Å². The number of aliphatic carboxylic acids is 1. The Morgan fingerprint density at radius 2 is 2.19 bits per heavy atom. The Kier molecular flexibility index (Phi) is 3.13. The highest BCUT2D eigenvalue weighted by molar-refractivity contribution is 5.73. The molecule has 1 aliphatic rings. The number of carboxylic acid groups (broad SMARTS) is 1. The molecule has 1 N–H and O–H groups in total. The van der Waals surface area contributed by atoms with E-state index in [1.807, 2.05) is 31.2 Å². The molecular formula is C13H16O3. The SMILES string of the molecule is CCOc1ccccc1C1CCC1C(=O)O. The van der Waals surface area contributed by atoms with Gasteiger partial charge >= 0.3 is 5.97 Å². The van der Waals surface area contributed by atoms with Crippen molar-refractivity contribution in [3.05, 3.63) is 29.8 Å². The summed E-state index contributed by atoms with van der Waals surface area (Å²) < 4.78 is 5.53. The highest BCUT2D eigenvalue weighted by atomic mass is 16.5. The summed E-state index contributed by atoms with van der Waals surface area (Å²) in [4.78, 5) is 11.0. The average Bonchev–Trinajstić information content (AvgIpc) is 2.18. The monoisotopic (exact) mass is 220 g/mol. The Balaban J connectivity index is 2.23. The second-order valence-corrected chi connectivity index (χ2v) is 4.10. The molecule has 0 radical (unpaired) electrons. The molecule has 0 bridgehead atoms. The Hall–Kier alpha value is -1.51. The van der Waals surface area contributed by atoms with Crippen molar-refractivity contribution < 1.29 is 14.6 Å². The zero-order chi connectivity index (χ0) is 11.5. The van der Waals surface area contributed by atoms with Gasteiger partial charge in [0.1, 0.15) is 5.75 Å². The van der Waals surface area contributed by atoms with Gasteiger partial charge in [0.05, 0.1) is 12.5 Å². The van der Waals surface area contributed by atoms with Crippen molar-refractivity contribution in [3.8, 4) is 5.75 Å². The molecule has 1 saturated carbocycles. The van der Waals surface area contributed by atoms with Crippen LogP contribution in [0.4, 0.5) is 0 Å². The van der Waals surface area contributed by atoms with Gasteiger partial charge in [-0.3, -0.25) is 4.79 Å². The Morgan fingerprint density at radius 3 is 2.75 bits per heavy atom. The topological polar surface area (TPSA) is 46.5 Å². The van der Waals surface area contributed by atoms with Crippen LogP contribution >= 0.6 is 0 Å². The van der Waals surface area contributed by atoms with Crippen LogP contribution in [0.15, 0.2) is 24.3 Å². The number of rotatable bonds is 4. The normalized spacial score (nSPS) is 23.6. The van der Waals surface area contributed by atoms with Gasteiger partial charge in [0.25, 0.3) is 0 Å². The summed E-state index contributed by atoms with van der Waals surface area (Å²) in [6, 6.07) is 7.75. The summed E-state index contributed by atoms with van der Waals surface area (Å²) in [5.41, 5.74) is 1.04. The summed E-state index contributed by atoms with van der Waals surface area (Å²) in [7, 11) is 0. The van der Waals surface area contributed by atoms with Crippen molar-refractivity contribution in [2.24, 2.45) is 5.92 Å². The lowest BCUT2D eigenvalue weighted by Crippen LogP contribution is -2.31. The molecule has 3 heteroatoms. The first kappa shape index (κ1) is 11.0. The van der Waals surface area contributed by atoms with Gasteiger partial charge in [-0.05, 0) is 31.4 Å². The van der Waals surface area contributed by atoms with Gasteiger partial charge in [-0.2, -0.15) is 0 Å². The number of ether oxygens (including phenoxy) is 1. The largest absolute Gasteiger partial charge is 0.494 e. The molecule has 3 nitrogen and oxygen atoms in total. The van der Waals surface area contributed by atoms with Gasteiger partial charge in [-0.25, -0.2) is 0 Å². The molecule has 16 heavy (non-hydrogen) atoms. The number of carboxylic acids is 1. The average molecular weight is 220 g/mol. The van der Waals surface area contributed by atoms with Crippen molar-refractivity contribution in [1.29, 1.82) is 0 Å². The van der Waals surface area contributed by atoms with Crippen molar-refractivity contribution in [2.45, 2.75) is 25.7 Å². The fourth-order valence-corrected chi connectivity index (χ4v) is 2.24. The lowest BCUT2D eigenvalue weighted by molar-refractivity contribution is -0.145. The van der Waals surface area contributed by atoms with E-state index in [0.717, 1.165) is 24.2 Å². The first-order valence-corrected chi connectivity index (χ1v) is 5.68. The molecule has 1 aromatic carbocycles. The molecule has 0 saturated heterocycles. The van der Waals surface area contributed by atoms with Crippen LogP contribution in [0.5, 0.6) is 5.75 Å². The third-order valence-electron chi connectivity index (χ3n) is 3.21. The maximum atomic E-state index is 11.0. The minimum atomic E-state index is -0.692. The van der Waals surface area contributed by atoms with E-state index in [9.17, 15) is 4.79 Å². The Morgan fingerprint density at radius 1 is 1.44 bits per heavy atom. The number of hydrogen-bond acceptors (Lipinski definition) is 2. The minimum absolute atomic E-state index is 0.125. The molecule has 2 rings (SSSR count). The quantitative estimate of drug-likeness (QED) is 0.848. The summed E-state index contributed by atoms with van der Waals surface area (Å²) >= 11 is 0. The first-order chi connectivity index (χ1) is 7.74. The molecule has 1 aromatic rings. The van der Waals surface area contributed by atoms with Gasteiger partial charge < -0.3 is 9.84 Å². The minimum Gasteiger partial charge on any atom is -0.494 e. The van der Waals surface area contributed by atoms with Crippen LogP contribution in [0.3, 0.4) is 0 Å². The zero-order valence-corrected chi connectivity index (χ0v) is 9.35. The number of hydrogen-bond donors (Lipinski definition) is 1. The van der Waals surface area contributed by atoms with Crippen LogP contribution in [-0.2, 0) is 4.79 Å². The van der Waals surface area contributed by atoms with E-state index in [2.05, 4.69) is 0 Å². The zero-order valence-electron chi connectivity index (χ0n) is 9.35. The molecule has 0 heterocycles. The molecule has 0 spiro atoms. The third kappa shape index (κ3) is 1.90. The lowest BCUT2D eigenvalue weighted by Gasteiger charge is -2.34. The molecule has 86 valence electrons. The number of carbonyl (C=O) groups is 1. The molecule has 1 fully saturated rings. The molecule has 2 unspecified atom stereocenters.